The van der Waals surface area contributed by atoms with Crippen molar-refractivity contribution in [2.45, 2.75) is 24.8 Å². The second-order valence-corrected chi connectivity index (χ2v) is 5.39. The number of para-hydroxylation sites is 1. The summed E-state index contributed by atoms with van der Waals surface area (Å²) in [5.41, 5.74) is 2.44. The fourth-order valence-electron chi connectivity index (χ4n) is 2.93. The van der Waals surface area contributed by atoms with Crippen molar-refractivity contribution >= 4 is 11.6 Å². The molecule has 1 fully saturated rings. The van der Waals surface area contributed by atoms with Crippen LogP contribution in [0.2, 0.25) is 0 Å². The SMILES string of the molecule is CN(C(=O)CC1CNc2ccccc21)C1CCOC1. The molecule has 1 saturated heterocycles. The number of amides is 1. The first-order valence-electron chi connectivity index (χ1n) is 6.92. The second kappa shape index (κ2) is 5.21. The maximum absolute atomic E-state index is 12.3. The number of benzene rings is 1. The highest BCUT2D eigenvalue weighted by atomic mass is 16.5. The van der Waals surface area contributed by atoms with Gasteiger partial charge in [0.25, 0.3) is 0 Å². The van der Waals surface area contributed by atoms with Gasteiger partial charge in [-0.1, -0.05) is 18.2 Å². The van der Waals surface area contributed by atoms with Crippen molar-refractivity contribution in [1.29, 1.82) is 0 Å². The van der Waals surface area contributed by atoms with Gasteiger partial charge in [0.05, 0.1) is 12.6 Å². The lowest BCUT2D eigenvalue weighted by Crippen LogP contribution is -2.38. The number of carbonyl (C=O) groups is 1. The zero-order valence-corrected chi connectivity index (χ0v) is 11.3. The highest BCUT2D eigenvalue weighted by Crippen LogP contribution is 2.33. The monoisotopic (exact) mass is 260 g/mol. The average Bonchev–Trinajstić information content (AvgIpc) is 3.08. The largest absolute Gasteiger partial charge is 0.384 e. The van der Waals surface area contributed by atoms with Gasteiger partial charge in [-0.25, -0.2) is 0 Å². The summed E-state index contributed by atoms with van der Waals surface area (Å²) >= 11 is 0. The molecule has 0 saturated carbocycles. The summed E-state index contributed by atoms with van der Waals surface area (Å²) in [5.74, 6) is 0.521. The Bertz CT molecular complexity index is 469. The first-order chi connectivity index (χ1) is 9.25. The van der Waals surface area contributed by atoms with E-state index in [1.165, 1.54) is 11.3 Å². The number of carbonyl (C=O) groups excluding carboxylic acids is 1. The minimum atomic E-state index is 0.221. The van der Waals surface area contributed by atoms with E-state index in [4.69, 9.17) is 4.74 Å². The molecule has 4 nitrogen and oxygen atoms in total. The molecule has 1 aromatic carbocycles. The summed E-state index contributed by atoms with van der Waals surface area (Å²) in [5, 5.41) is 3.37. The maximum Gasteiger partial charge on any atom is 0.223 e. The lowest BCUT2D eigenvalue weighted by atomic mass is 9.97. The van der Waals surface area contributed by atoms with Crippen molar-refractivity contribution in [3.05, 3.63) is 29.8 Å². The molecule has 0 aromatic heterocycles. The molecule has 0 spiro atoms. The maximum atomic E-state index is 12.3. The summed E-state index contributed by atoms with van der Waals surface area (Å²) in [7, 11) is 1.90. The van der Waals surface area contributed by atoms with Gasteiger partial charge >= 0.3 is 0 Å². The Labute approximate surface area is 113 Å². The molecule has 102 valence electrons. The lowest BCUT2D eigenvalue weighted by molar-refractivity contribution is -0.132. The van der Waals surface area contributed by atoms with Gasteiger partial charge in [0.2, 0.25) is 5.91 Å². The van der Waals surface area contributed by atoms with Crippen molar-refractivity contribution in [1.82, 2.24) is 4.90 Å². The number of fused-ring (bicyclic) bond motifs is 1. The molecule has 3 rings (SSSR count). The first kappa shape index (κ1) is 12.5. The molecular weight excluding hydrogens is 240 g/mol. The number of anilines is 1. The summed E-state index contributed by atoms with van der Waals surface area (Å²) in [4.78, 5) is 14.2. The molecule has 1 N–H and O–H groups in total. The van der Waals surface area contributed by atoms with Crippen LogP contribution in [0, 0.1) is 0 Å². The predicted octanol–water partition coefficient (Wildman–Crippen LogP) is 1.83. The zero-order valence-electron chi connectivity index (χ0n) is 11.3. The summed E-state index contributed by atoms with van der Waals surface area (Å²) in [6.45, 7) is 2.32. The third-order valence-electron chi connectivity index (χ3n) is 4.21. The van der Waals surface area contributed by atoms with Gasteiger partial charge in [0.1, 0.15) is 0 Å². The van der Waals surface area contributed by atoms with Crippen molar-refractivity contribution in [2.75, 3.05) is 32.1 Å². The van der Waals surface area contributed by atoms with E-state index in [9.17, 15) is 4.79 Å². The van der Waals surface area contributed by atoms with Crippen molar-refractivity contribution in [3.8, 4) is 0 Å². The van der Waals surface area contributed by atoms with Crippen LogP contribution in [0.15, 0.2) is 24.3 Å². The van der Waals surface area contributed by atoms with E-state index in [0.29, 0.717) is 18.9 Å². The number of nitrogens with zero attached hydrogens (tertiary/aromatic N) is 1. The molecular formula is C15H20N2O2. The Kier molecular flexibility index (Phi) is 3.42. The van der Waals surface area contributed by atoms with E-state index < -0.39 is 0 Å². The lowest BCUT2D eigenvalue weighted by Gasteiger charge is -2.24. The van der Waals surface area contributed by atoms with Crippen LogP contribution in [0.25, 0.3) is 0 Å². The summed E-state index contributed by atoms with van der Waals surface area (Å²) in [6.07, 6.45) is 1.54. The van der Waals surface area contributed by atoms with Crippen LogP contribution in [0.1, 0.15) is 24.3 Å². The Morgan fingerprint density at radius 2 is 2.32 bits per heavy atom. The molecule has 4 heteroatoms. The quantitative estimate of drug-likeness (QED) is 0.901. The van der Waals surface area contributed by atoms with E-state index in [1.54, 1.807) is 0 Å². The van der Waals surface area contributed by atoms with Gasteiger partial charge in [0, 0.05) is 38.2 Å². The highest BCUT2D eigenvalue weighted by Gasteiger charge is 2.29. The number of hydrogen-bond donors (Lipinski definition) is 1. The number of likely N-dealkylation sites (N-methyl/N-ethyl adjacent to an activating group) is 1. The molecule has 1 aromatic rings. The number of hydrogen-bond acceptors (Lipinski definition) is 3. The predicted molar refractivity (Wildman–Crippen MR) is 74.3 cm³/mol. The van der Waals surface area contributed by atoms with Gasteiger partial charge in [0.15, 0.2) is 0 Å². The van der Waals surface area contributed by atoms with E-state index in [0.717, 1.165) is 19.6 Å². The van der Waals surface area contributed by atoms with E-state index in [2.05, 4.69) is 17.4 Å². The summed E-state index contributed by atoms with van der Waals surface area (Å²) < 4.78 is 5.35. The fourth-order valence-corrected chi connectivity index (χ4v) is 2.93. The summed E-state index contributed by atoms with van der Waals surface area (Å²) in [6, 6.07) is 8.52. The van der Waals surface area contributed by atoms with Crippen LogP contribution < -0.4 is 5.32 Å². The van der Waals surface area contributed by atoms with Gasteiger partial charge in [-0.2, -0.15) is 0 Å². The minimum Gasteiger partial charge on any atom is -0.384 e. The highest BCUT2D eigenvalue weighted by molar-refractivity contribution is 5.78. The molecule has 2 unspecified atom stereocenters. The van der Waals surface area contributed by atoms with Crippen molar-refractivity contribution < 1.29 is 9.53 Å². The van der Waals surface area contributed by atoms with Gasteiger partial charge in [-0.05, 0) is 18.1 Å². The Balaban J connectivity index is 1.64. The van der Waals surface area contributed by atoms with E-state index in [1.807, 2.05) is 24.1 Å². The molecule has 2 aliphatic rings. The smallest absolute Gasteiger partial charge is 0.223 e. The Morgan fingerprint density at radius 1 is 1.47 bits per heavy atom. The van der Waals surface area contributed by atoms with Crippen LogP contribution in [0.3, 0.4) is 0 Å². The standard InChI is InChI=1S/C15H20N2O2/c1-17(12-6-7-19-10-12)15(18)8-11-9-16-14-5-3-2-4-13(11)14/h2-5,11-12,16H,6-10H2,1H3. The molecule has 2 aliphatic heterocycles. The number of rotatable bonds is 3. The molecule has 0 bridgehead atoms. The average molecular weight is 260 g/mol. The molecule has 0 radical (unpaired) electrons. The van der Waals surface area contributed by atoms with Gasteiger partial charge in [-0.15, -0.1) is 0 Å². The Hall–Kier alpha value is -1.55. The third kappa shape index (κ3) is 2.45. The molecule has 0 aliphatic carbocycles. The molecule has 2 atom stereocenters. The van der Waals surface area contributed by atoms with Gasteiger partial charge in [-0.3, -0.25) is 4.79 Å². The third-order valence-corrected chi connectivity index (χ3v) is 4.21. The number of ether oxygens (including phenoxy) is 1. The minimum absolute atomic E-state index is 0.221. The van der Waals surface area contributed by atoms with Crippen molar-refractivity contribution in [2.24, 2.45) is 0 Å². The first-order valence-corrected chi connectivity index (χ1v) is 6.92. The van der Waals surface area contributed by atoms with Crippen LogP contribution in [-0.2, 0) is 9.53 Å². The fraction of sp³-hybridized carbons (Fsp3) is 0.533. The van der Waals surface area contributed by atoms with E-state index >= 15 is 0 Å². The second-order valence-electron chi connectivity index (χ2n) is 5.39. The molecule has 19 heavy (non-hydrogen) atoms. The topological polar surface area (TPSA) is 41.6 Å². The number of nitrogens with one attached hydrogen (secondary N) is 1. The van der Waals surface area contributed by atoms with Crippen LogP contribution >= 0.6 is 0 Å². The zero-order chi connectivity index (χ0) is 13.2. The normalized spacial score (nSPS) is 24.9. The van der Waals surface area contributed by atoms with Crippen LogP contribution in [-0.4, -0.2) is 43.7 Å². The molecule has 2 heterocycles. The molecule has 1 amide bonds. The van der Waals surface area contributed by atoms with Crippen LogP contribution in [0.5, 0.6) is 0 Å². The van der Waals surface area contributed by atoms with E-state index in [-0.39, 0.29) is 11.9 Å². The van der Waals surface area contributed by atoms with Crippen molar-refractivity contribution in [3.63, 3.8) is 0 Å². The Morgan fingerprint density at radius 3 is 3.11 bits per heavy atom. The van der Waals surface area contributed by atoms with Crippen LogP contribution in [0.4, 0.5) is 5.69 Å². The van der Waals surface area contributed by atoms with Gasteiger partial charge < -0.3 is 15.0 Å².